The molecule has 0 atom stereocenters. The Morgan fingerprint density at radius 1 is 1.12 bits per heavy atom. The second kappa shape index (κ2) is 11.8. The Morgan fingerprint density at radius 3 is 2.54 bits per heavy atom. The largest absolute Gasteiger partial charge is 0.379 e. The van der Waals surface area contributed by atoms with Gasteiger partial charge in [0.05, 0.1) is 19.8 Å². The second-order valence-electron chi connectivity index (χ2n) is 7.24. The van der Waals surface area contributed by atoms with Crippen LogP contribution in [0.25, 0.3) is 0 Å². The van der Waals surface area contributed by atoms with Crippen LogP contribution >= 0.6 is 24.0 Å². The van der Waals surface area contributed by atoms with E-state index >= 15 is 0 Å². The Hall–Kier alpha value is -0.860. The molecule has 0 amide bonds. The minimum absolute atomic E-state index is 0. The first-order valence-electron chi connectivity index (χ1n) is 9.74. The number of morpholine rings is 1. The van der Waals surface area contributed by atoms with Crippen molar-refractivity contribution in [2.24, 2.45) is 10.7 Å². The van der Waals surface area contributed by atoms with Gasteiger partial charge in [-0.15, -0.1) is 24.0 Å². The molecule has 0 spiro atoms. The van der Waals surface area contributed by atoms with E-state index in [1.54, 1.807) is 0 Å². The van der Waals surface area contributed by atoms with E-state index in [-0.39, 0.29) is 24.0 Å². The lowest BCUT2D eigenvalue weighted by molar-refractivity contribution is 0.0342. The molecule has 1 aromatic carbocycles. The number of halogens is 1. The van der Waals surface area contributed by atoms with Gasteiger partial charge in [0.25, 0.3) is 0 Å². The van der Waals surface area contributed by atoms with Crippen molar-refractivity contribution in [3.05, 3.63) is 35.4 Å². The van der Waals surface area contributed by atoms with E-state index in [0.717, 1.165) is 32.8 Å². The highest BCUT2D eigenvalue weighted by Gasteiger charge is 2.13. The Balaban J connectivity index is 0.00000243. The molecule has 1 aromatic rings. The van der Waals surface area contributed by atoms with Gasteiger partial charge in [-0.3, -0.25) is 4.90 Å². The summed E-state index contributed by atoms with van der Waals surface area (Å²) in [6, 6.07) is 9.19. The Labute approximate surface area is 174 Å². The third-order valence-electron chi connectivity index (χ3n) is 5.14. The maximum Gasteiger partial charge on any atom is 0.189 e. The monoisotopic (exact) mass is 472 g/mol. The Kier molecular flexibility index (Phi) is 9.71. The average Bonchev–Trinajstić information content (AvgIpc) is 2.90. The zero-order chi connectivity index (χ0) is 17.3. The molecule has 3 rings (SSSR count). The van der Waals surface area contributed by atoms with Crippen LogP contribution in [0.1, 0.15) is 49.7 Å². The van der Waals surface area contributed by atoms with Crippen LogP contribution in [0.4, 0.5) is 0 Å². The molecule has 2 aliphatic rings. The summed E-state index contributed by atoms with van der Waals surface area (Å²) in [5.41, 5.74) is 8.66. The molecule has 2 fully saturated rings. The van der Waals surface area contributed by atoms with Crippen molar-refractivity contribution in [3.8, 4) is 0 Å². The maximum atomic E-state index is 6.11. The molecule has 5 nitrogen and oxygen atoms in total. The third kappa shape index (κ3) is 7.40. The maximum absolute atomic E-state index is 6.11. The molecule has 0 radical (unpaired) electrons. The normalized spacial score (nSPS) is 20.2. The number of rotatable bonds is 5. The molecule has 0 bridgehead atoms. The van der Waals surface area contributed by atoms with E-state index in [1.807, 2.05) is 0 Å². The van der Waals surface area contributed by atoms with E-state index in [0.29, 0.717) is 18.5 Å². The second-order valence-corrected chi connectivity index (χ2v) is 7.24. The van der Waals surface area contributed by atoms with Crippen LogP contribution in [0.5, 0.6) is 0 Å². The molecule has 1 aliphatic carbocycles. The Morgan fingerprint density at radius 2 is 1.81 bits per heavy atom. The van der Waals surface area contributed by atoms with Crippen LogP contribution in [0, 0.1) is 0 Å². The highest BCUT2D eigenvalue weighted by atomic mass is 127. The minimum atomic E-state index is 0. The van der Waals surface area contributed by atoms with E-state index in [1.165, 1.54) is 49.7 Å². The first-order valence-corrected chi connectivity index (χ1v) is 9.74. The van der Waals surface area contributed by atoms with Gasteiger partial charge in [0, 0.05) is 25.7 Å². The fraction of sp³-hybridized carbons (Fsp3) is 0.650. The quantitative estimate of drug-likeness (QED) is 0.299. The summed E-state index contributed by atoms with van der Waals surface area (Å²) in [4.78, 5) is 7.00. The van der Waals surface area contributed by atoms with Crippen molar-refractivity contribution < 1.29 is 4.74 Å². The first kappa shape index (κ1) is 21.4. The van der Waals surface area contributed by atoms with Crippen molar-refractivity contribution in [3.63, 3.8) is 0 Å². The van der Waals surface area contributed by atoms with Crippen LogP contribution in [0.2, 0.25) is 0 Å². The summed E-state index contributed by atoms with van der Waals surface area (Å²) in [5, 5.41) is 3.42. The SMILES string of the molecule is I.NC(=NCc1cccc(CN2CCOCC2)c1)NC1CCCCCC1. The number of ether oxygens (including phenoxy) is 1. The van der Waals surface area contributed by atoms with Gasteiger partial charge in [-0.05, 0) is 24.0 Å². The first-order chi connectivity index (χ1) is 12.3. The zero-order valence-corrected chi connectivity index (χ0v) is 18.0. The van der Waals surface area contributed by atoms with Gasteiger partial charge in [0.2, 0.25) is 0 Å². The highest BCUT2D eigenvalue weighted by molar-refractivity contribution is 14.0. The van der Waals surface area contributed by atoms with E-state index in [4.69, 9.17) is 10.5 Å². The van der Waals surface area contributed by atoms with Crippen LogP contribution in [-0.2, 0) is 17.8 Å². The summed E-state index contributed by atoms with van der Waals surface area (Å²) in [6.45, 7) is 5.33. The van der Waals surface area contributed by atoms with E-state index < -0.39 is 0 Å². The predicted octanol–water partition coefficient (Wildman–Crippen LogP) is 3.26. The highest BCUT2D eigenvalue weighted by Crippen LogP contribution is 2.17. The molecule has 6 heteroatoms. The van der Waals surface area contributed by atoms with Crippen molar-refractivity contribution in [1.29, 1.82) is 0 Å². The minimum Gasteiger partial charge on any atom is -0.379 e. The lowest BCUT2D eigenvalue weighted by Gasteiger charge is -2.26. The molecule has 1 saturated heterocycles. The molecule has 146 valence electrons. The molecule has 1 saturated carbocycles. The lowest BCUT2D eigenvalue weighted by Crippen LogP contribution is -2.39. The molecule has 26 heavy (non-hydrogen) atoms. The molecular formula is C20H33IN4O. The standard InChI is InChI=1S/C20H32N4O.HI/c21-20(23-19-8-3-1-2-4-9-19)22-15-17-6-5-7-18(14-17)16-24-10-12-25-13-11-24;/h5-7,14,19H,1-4,8-13,15-16H2,(H3,21,22,23);1H. The molecule has 1 aliphatic heterocycles. The molecule has 1 heterocycles. The number of guanidine groups is 1. The number of nitrogens with one attached hydrogen (secondary N) is 1. The number of nitrogens with two attached hydrogens (primary N) is 1. The summed E-state index contributed by atoms with van der Waals surface area (Å²) in [6.07, 6.45) is 7.73. The number of aliphatic imine (C=N–C) groups is 1. The van der Waals surface area contributed by atoms with Gasteiger partial charge in [-0.25, -0.2) is 4.99 Å². The number of benzene rings is 1. The van der Waals surface area contributed by atoms with E-state index in [2.05, 4.69) is 39.5 Å². The van der Waals surface area contributed by atoms with Crippen molar-refractivity contribution >= 4 is 29.9 Å². The summed E-state index contributed by atoms with van der Waals surface area (Å²) in [7, 11) is 0. The number of nitrogens with zero attached hydrogens (tertiary/aromatic N) is 2. The number of hydrogen-bond donors (Lipinski definition) is 2. The fourth-order valence-electron chi connectivity index (χ4n) is 3.70. The van der Waals surface area contributed by atoms with Crippen LogP contribution in [0.3, 0.4) is 0 Å². The average molecular weight is 472 g/mol. The predicted molar refractivity (Wildman–Crippen MR) is 118 cm³/mol. The molecule has 3 N–H and O–H groups in total. The van der Waals surface area contributed by atoms with Crippen LogP contribution < -0.4 is 11.1 Å². The molecule has 0 unspecified atom stereocenters. The van der Waals surface area contributed by atoms with Gasteiger partial charge >= 0.3 is 0 Å². The van der Waals surface area contributed by atoms with Gasteiger partial charge in [0.15, 0.2) is 5.96 Å². The topological polar surface area (TPSA) is 62.9 Å². The summed E-state index contributed by atoms with van der Waals surface area (Å²) in [5.74, 6) is 0.588. The van der Waals surface area contributed by atoms with Gasteiger partial charge in [0.1, 0.15) is 0 Å². The Bertz CT molecular complexity index is 552. The number of hydrogen-bond acceptors (Lipinski definition) is 3. The zero-order valence-electron chi connectivity index (χ0n) is 15.7. The van der Waals surface area contributed by atoms with Crippen molar-refractivity contribution in [2.75, 3.05) is 26.3 Å². The smallest absolute Gasteiger partial charge is 0.189 e. The van der Waals surface area contributed by atoms with Crippen molar-refractivity contribution in [1.82, 2.24) is 10.2 Å². The van der Waals surface area contributed by atoms with E-state index in [9.17, 15) is 0 Å². The van der Waals surface area contributed by atoms with Gasteiger partial charge in [-0.1, -0.05) is 49.9 Å². The van der Waals surface area contributed by atoms with Gasteiger partial charge in [-0.2, -0.15) is 0 Å². The summed E-state index contributed by atoms with van der Waals surface area (Å²) < 4.78 is 5.42. The van der Waals surface area contributed by atoms with Gasteiger partial charge < -0.3 is 15.8 Å². The van der Waals surface area contributed by atoms with Crippen LogP contribution in [-0.4, -0.2) is 43.2 Å². The molecular weight excluding hydrogens is 439 g/mol. The van der Waals surface area contributed by atoms with Crippen molar-refractivity contribution in [2.45, 2.75) is 57.7 Å². The molecule has 0 aromatic heterocycles. The summed E-state index contributed by atoms with van der Waals surface area (Å²) >= 11 is 0. The third-order valence-corrected chi connectivity index (χ3v) is 5.14. The fourth-order valence-corrected chi connectivity index (χ4v) is 3.70. The lowest BCUT2D eigenvalue weighted by atomic mass is 10.1. The van der Waals surface area contributed by atoms with Crippen LogP contribution in [0.15, 0.2) is 29.3 Å².